The van der Waals surface area contributed by atoms with Crippen LogP contribution in [0, 0.1) is 0 Å². The van der Waals surface area contributed by atoms with Gasteiger partial charge in [-0.3, -0.25) is 5.10 Å². The number of nitrogens with one attached hydrogen (secondary N) is 2. The second-order valence-corrected chi connectivity index (χ2v) is 6.38. The van der Waals surface area contributed by atoms with Gasteiger partial charge in [0.05, 0.1) is 17.9 Å². The Morgan fingerprint density at radius 1 is 1.33 bits per heavy atom. The fraction of sp³-hybridized carbons (Fsp3) is 0.692. The molecular weight excluding hydrogens is 230 g/mol. The minimum atomic E-state index is -0.478. The van der Waals surface area contributed by atoms with Gasteiger partial charge in [0.1, 0.15) is 5.60 Å². The molecule has 0 unspecified atom stereocenters. The molecule has 5 heteroatoms. The summed E-state index contributed by atoms with van der Waals surface area (Å²) >= 11 is 0. The molecule has 1 aromatic heterocycles. The van der Waals surface area contributed by atoms with E-state index in [9.17, 15) is 4.79 Å². The highest BCUT2D eigenvalue weighted by molar-refractivity contribution is 5.67. The number of ether oxygens (including phenoxy) is 1. The maximum Gasteiger partial charge on any atom is 0.407 e. The lowest BCUT2D eigenvalue weighted by atomic mass is 9.92. The van der Waals surface area contributed by atoms with Gasteiger partial charge in [0.25, 0.3) is 0 Å². The quantitative estimate of drug-likeness (QED) is 0.851. The van der Waals surface area contributed by atoms with Crippen molar-refractivity contribution >= 4 is 6.09 Å². The van der Waals surface area contributed by atoms with Crippen molar-refractivity contribution in [1.29, 1.82) is 0 Å². The van der Waals surface area contributed by atoms with Crippen LogP contribution >= 0.6 is 0 Å². The van der Waals surface area contributed by atoms with Crippen molar-refractivity contribution < 1.29 is 9.53 Å². The number of rotatable bonds is 2. The van der Waals surface area contributed by atoms with Crippen LogP contribution in [0.25, 0.3) is 0 Å². The maximum atomic E-state index is 11.5. The molecule has 0 saturated carbocycles. The van der Waals surface area contributed by atoms with Crippen molar-refractivity contribution in [2.75, 3.05) is 0 Å². The van der Waals surface area contributed by atoms with E-state index < -0.39 is 11.7 Å². The number of aromatic nitrogens is 2. The molecule has 0 spiro atoms. The summed E-state index contributed by atoms with van der Waals surface area (Å²) in [5.74, 6) is 0. The zero-order valence-electron chi connectivity index (χ0n) is 12.0. The highest BCUT2D eigenvalue weighted by Gasteiger charge is 2.18. The molecule has 5 nitrogen and oxygen atoms in total. The van der Waals surface area contributed by atoms with E-state index in [1.807, 2.05) is 26.8 Å². The van der Waals surface area contributed by atoms with Crippen LogP contribution in [0.15, 0.2) is 6.07 Å². The van der Waals surface area contributed by atoms with Crippen LogP contribution in [0.2, 0.25) is 0 Å². The molecule has 1 aromatic rings. The van der Waals surface area contributed by atoms with Crippen LogP contribution in [0.4, 0.5) is 4.79 Å². The van der Waals surface area contributed by atoms with Gasteiger partial charge in [-0.2, -0.15) is 5.10 Å². The average Bonchev–Trinajstić information content (AvgIpc) is 2.59. The summed E-state index contributed by atoms with van der Waals surface area (Å²) in [7, 11) is 0. The first-order chi connectivity index (χ1) is 8.08. The summed E-state index contributed by atoms with van der Waals surface area (Å²) in [6.45, 7) is 12.2. The van der Waals surface area contributed by atoms with Crippen LogP contribution in [0.5, 0.6) is 0 Å². The first-order valence-corrected chi connectivity index (χ1v) is 6.09. The van der Waals surface area contributed by atoms with Gasteiger partial charge < -0.3 is 10.1 Å². The summed E-state index contributed by atoms with van der Waals surface area (Å²) in [4.78, 5) is 11.5. The third-order valence-electron chi connectivity index (χ3n) is 2.22. The Bertz CT molecular complexity index is 411. The van der Waals surface area contributed by atoms with Crippen molar-refractivity contribution in [2.24, 2.45) is 0 Å². The van der Waals surface area contributed by atoms with Crippen LogP contribution in [-0.2, 0) is 16.7 Å². The summed E-state index contributed by atoms with van der Waals surface area (Å²) in [6.07, 6.45) is -0.422. The van der Waals surface area contributed by atoms with Gasteiger partial charge >= 0.3 is 6.09 Å². The largest absolute Gasteiger partial charge is 0.444 e. The number of hydrogen-bond donors (Lipinski definition) is 2. The number of aromatic amines is 1. The molecule has 1 heterocycles. The van der Waals surface area contributed by atoms with Gasteiger partial charge in [0.15, 0.2) is 0 Å². The Labute approximate surface area is 108 Å². The standard InChI is InChI=1S/C13H23N3O2/c1-12(2,3)10-7-9(15-16-10)8-14-11(17)18-13(4,5)6/h7H,8H2,1-6H3,(H,14,17)(H,15,16). The topological polar surface area (TPSA) is 67.0 Å². The van der Waals surface area contributed by atoms with E-state index in [-0.39, 0.29) is 5.41 Å². The summed E-state index contributed by atoms with van der Waals surface area (Å²) in [6, 6.07) is 1.96. The third kappa shape index (κ3) is 4.77. The van der Waals surface area contributed by atoms with E-state index in [2.05, 4.69) is 36.3 Å². The molecule has 0 radical (unpaired) electrons. The summed E-state index contributed by atoms with van der Waals surface area (Å²) in [5.41, 5.74) is 1.37. The maximum absolute atomic E-state index is 11.5. The van der Waals surface area contributed by atoms with Crippen LogP contribution < -0.4 is 5.32 Å². The molecule has 0 bridgehead atoms. The van der Waals surface area contributed by atoms with Crippen LogP contribution in [0.3, 0.4) is 0 Å². The Morgan fingerprint density at radius 3 is 2.39 bits per heavy atom. The van der Waals surface area contributed by atoms with E-state index in [0.717, 1.165) is 11.4 Å². The second kappa shape index (κ2) is 5.00. The zero-order chi connectivity index (χ0) is 14.0. The second-order valence-electron chi connectivity index (χ2n) is 6.38. The Hall–Kier alpha value is -1.52. The lowest BCUT2D eigenvalue weighted by molar-refractivity contribution is 0.0523. The van der Waals surface area contributed by atoms with Gasteiger partial charge in [-0.1, -0.05) is 20.8 Å². The van der Waals surface area contributed by atoms with E-state index in [4.69, 9.17) is 4.74 Å². The fourth-order valence-corrected chi connectivity index (χ4v) is 1.32. The van der Waals surface area contributed by atoms with Gasteiger partial charge in [-0.25, -0.2) is 4.79 Å². The molecule has 0 atom stereocenters. The highest BCUT2D eigenvalue weighted by Crippen LogP contribution is 2.20. The molecule has 0 saturated heterocycles. The van der Waals surface area contributed by atoms with Crippen molar-refractivity contribution in [3.8, 4) is 0 Å². The Morgan fingerprint density at radius 2 is 1.94 bits per heavy atom. The predicted molar refractivity (Wildman–Crippen MR) is 70.4 cm³/mol. The van der Waals surface area contributed by atoms with Crippen molar-refractivity contribution in [3.63, 3.8) is 0 Å². The molecule has 0 aliphatic rings. The van der Waals surface area contributed by atoms with Crippen molar-refractivity contribution in [1.82, 2.24) is 15.5 Å². The minimum Gasteiger partial charge on any atom is -0.444 e. The number of nitrogens with zero attached hydrogens (tertiary/aromatic N) is 1. The Balaban J connectivity index is 2.50. The fourth-order valence-electron chi connectivity index (χ4n) is 1.32. The number of alkyl carbamates (subject to hydrolysis) is 1. The summed E-state index contributed by atoms with van der Waals surface area (Å²) < 4.78 is 5.15. The molecule has 0 aromatic carbocycles. The van der Waals surface area contributed by atoms with Gasteiger partial charge in [0.2, 0.25) is 0 Å². The van der Waals surface area contributed by atoms with E-state index in [1.54, 1.807) is 0 Å². The number of amides is 1. The van der Waals surface area contributed by atoms with Crippen LogP contribution in [0.1, 0.15) is 52.9 Å². The third-order valence-corrected chi connectivity index (χ3v) is 2.22. The molecule has 18 heavy (non-hydrogen) atoms. The number of hydrogen-bond acceptors (Lipinski definition) is 3. The summed E-state index contributed by atoms with van der Waals surface area (Å²) in [5, 5.41) is 9.82. The van der Waals surface area contributed by atoms with Gasteiger partial charge in [-0.05, 0) is 26.8 Å². The predicted octanol–water partition coefficient (Wildman–Crippen LogP) is 2.73. The van der Waals surface area contributed by atoms with Gasteiger partial charge in [-0.15, -0.1) is 0 Å². The normalized spacial score (nSPS) is 12.3. The molecule has 0 aliphatic heterocycles. The first-order valence-electron chi connectivity index (χ1n) is 6.09. The number of H-pyrrole nitrogens is 1. The molecule has 0 aliphatic carbocycles. The van der Waals surface area contributed by atoms with Crippen molar-refractivity contribution in [3.05, 3.63) is 17.5 Å². The molecular formula is C13H23N3O2. The highest BCUT2D eigenvalue weighted by atomic mass is 16.6. The first kappa shape index (κ1) is 14.5. The van der Waals surface area contributed by atoms with E-state index in [1.165, 1.54) is 0 Å². The number of carbonyl (C=O) groups is 1. The molecule has 1 amide bonds. The average molecular weight is 253 g/mol. The molecule has 2 N–H and O–H groups in total. The lowest BCUT2D eigenvalue weighted by Gasteiger charge is -2.19. The monoisotopic (exact) mass is 253 g/mol. The zero-order valence-corrected chi connectivity index (χ0v) is 12.0. The molecule has 0 fully saturated rings. The number of carbonyl (C=O) groups excluding carboxylic acids is 1. The van der Waals surface area contributed by atoms with E-state index >= 15 is 0 Å². The molecule has 1 rings (SSSR count). The minimum absolute atomic E-state index is 0.000663. The smallest absolute Gasteiger partial charge is 0.407 e. The van der Waals surface area contributed by atoms with Crippen molar-refractivity contribution in [2.45, 2.75) is 59.1 Å². The SMILES string of the molecule is CC(C)(C)OC(=O)NCc1cc(C(C)(C)C)n[nH]1. The van der Waals surface area contributed by atoms with Gasteiger partial charge in [0, 0.05) is 5.41 Å². The Kier molecular flexibility index (Phi) is 4.04. The van der Waals surface area contributed by atoms with Crippen LogP contribution in [-0.4, -0.2) is 21.9 Å². The molecule has 102 valence electrons. The lowest BCUT2D eigenvalue weighted by Crippen LogP contribution is -2.32. The van der Waals surface area contributed by atoms with E-state index in [0.29, 0.717) is 6.54 Å².